The molecular weight excluding hydrogens is 272 g/mol. The molecule has 0 radical (unpaired) electrons. The van der Waals surface area contributed by atoms with E-state index in [2.05, 4.69) is 39.3 Å². The van der Waals surface area contributed by atoms with Gasteiger partial charge in [0, 0.05) is 18.2 Å². The van der Waals surface area contributed by atoms with Crippen molar-refractivity contribution in [2.24, 2.45) is 0 Å². The highest BCUT2D eigenvalue weighted by molar-refractivity contribution is 5.61. The Morgan fingerprint density at radius 2 is 1.55 bits per heavy atom. The first-order valence-electron chi connectivity index (χ1n) is 7.20. The van der Waals surface area contributed by atoms with Gasteiger partial charge in [0.25, 0.3) is 5.78 Å². The van der Waals surface area contributed by atoms with Crippen LogP contribution in [0.2, 0.25) is 0 Å². The number of hydrogen-bond acceptors (Lipinski definition) is 3. The lowest BCUT2D eigenvalue weighted by Gasteiger charge is -2.02. The average molecular weight is 286 g/mol. The molecule has 2 aromatic carbocycles. The monoisotopic (exact) mass is 286 g/mol. The normalized spacial score (nSPS) is 10.9. The van der Waals surface area contributed by atoms with Gasteiger partial charge in [-0.25, -0.2) is 4.98 Å². The number of nitrogens with zero attached hydrogens (tertiary/aromatic N) is 4. The second kappa shape index (κ2) is 5.41. The Bertz CT molecular complexity index is 898. The van der Waals surface area contributed by atoms with E-state index in [4.69, 9.17) is 0 Å². The molecule has 4 aromatic rings. The van der Waals surface area contributed by atoms with Gasteiger partial charge in [-0.3, -0.25) is 0 Å². The van der Waals surface area contributed by atoms with Crippen molar-refractivity contribution < 1.29 is 0 Å². The minimum Gasteiger partial charge on any atom is -0.220 e. The van der Waals surface area contributed by atoms with Crippen molar-refractivity contribution in [3.8, 4) is 11.3 Å². The Kier molecular flexibility index (Phi) is 3.12. The maximum Gasteiger partial charge on any atom is 0.252 e. The zero-order chi connectivity index (χ0) is 14.8. The smallest absolute Gasteiger partial charge is 0.220 e. The van der Waals surface area contributed by atoms with Crippen molar-refractivity contribution >= 4 is 5.78 Å². The first-order chi connectivity index (χ1) is 10.9. The van der Waals surface area contributed by atoms with Crippen molar-refractivity contribution in [1.82, 2.24) is 19.6 Å². The predicted octanol–water partition coefficient (Wildman–Crippen LogP) is 3.38. The summed E-state index contributed by atoms with van der Waals surface area (Å²) in [5.41, 5.74) is 3.29. The van der Waals surface area contributed by atoms with Crippen LogP contribution in [-0.2, 0) is 6.42 Å². The fourth-order valence-corrected chi connectivity index (χ4v) is 2.52. The van der Waals surface area contributed by atoms with Gasteiger partial charge >= 0.3 is 0 Å². The van der Waals surface area contributed by atoms with Crippen LogP contribution in [0.25, 0.3) is 17.0 Å². The third-order valence-electron chi connectivity index (χ3n) is 3.56. The molecule has 2 heterocycles. The second-order valence-corrected chi connectivity index (χ2v) is 5.10. The molecule has 4 nitrogen and oxygen atoms in total. The van der Waals surface area contributed by atoms with Crippen LogP contribution in [0, 0.1) is 0 Å². The summed E-state index contributed by atoms with van der Waals surface area (Å²) in [5, 5.41) is 4.63. The highest BCUT2D eigenvalue weighted by atomic mass is 15.3. The van der Waals surface area contributed by atoms with Crippen molar-refractivity contribution in [3.63, 3.8) is 0 Å². The molecule has 0 bridgehead atoms. The molecule has 0 aliphatic carbocycles. The van der Waals surface area contributed by atoms with Gasteiger partial charge < -0.3 is 0 Å². The molecule has 0 atom stereocenters. The lowest BCUT2D eigenvalue weighted by atomic mass is 10.1. The lowest BCUT2D eigenvalue weighted by Crippen LogP contribution is -1.96. The van der Waals surface area contributed by atoms with Crippen LogP contribution in [0.1, 0.15) is 11.4 Å². The van der Waals surface area contributed by atoms with Gasteiger partial charge in [-0.15, -0.1) is 5.10 Å². The predicted molar refractivity (Wildman–Crippen MR) is 85.5 cm³/mol. The second-order valence-electron chi connectivity index (χ2n) is 5.10. The fourth-order valence-electron chi connectivity index (χ4n) is 2.52. The summed E-state index contributed by atoms with van der Waals surface area (Å²) in [7, 11) is 0. The van der Waals surface area contributed by atoms with Gasteiger partial charge in [0.15, 0.2) is 5.82 Å². The van der Waals surface area contributed by atoms with E-state index < -0.39 is 0 Å². The summed E-state index contributed by atoms with van der Waals surface area (Å²) < 4.78 is 1.81. The average Bonchev–Trinajstić information content (AvgIpc) is 2.99. The summed E-state index contributed by atoms with van der Waals surface area (Å²) in [5.74, 6) is 1.41. The summed E-state index contributed by atoms with van der Waals surface area (Å²) >= 11 is 0. The summed E-state index contributed by atoms with van der Waals surface area (Å²) in [6.45, 7) is 0. The van der Waals surface area contributed by atoms with Crippen molar-refractivity contribution in [3.05, 3.63) is 84.3 Å². The van der Waals surface area contributed by atoms with E-state index in [1.165, 1.54) is 5.56 Å². The number of hydrogen-bond donors (Lipinski definition) is 0. The van der Waals surface area contributed by atoms with E-state index in [9.17, 15) is 0 Å². The van der Waals surface area contributed by atoms with Gasteiger partial charge in [-0.05, 0) is 11.6 Å². The zero-order valence-corrected chi connectivity index (χ0v) is 11.9. The van der Waals surface area contributed by atoms with Crippen molar-refractivity contribution in [2.45, 2.75) is 6.42 Å². The Hall–Kier alpha value is -3.01. The molecule has 0 aliphatic heterocycles. The molecule has 0 amide bonds. The molecule has 0 saturated heterocycles. The number of aromatic nitrogens is 4. The maximum atomic E-state index is 4.63. The highest BCUT2D eigenvalue weighted by Crippen LogP contribution is 2.19. The molecule has 22 heavy (non-hydrogen) atoms. The third kappa shape index (κ3) is 2.35. The minimum atomic E-state index is 0.632. The van der Waals surface area contributed by atoms with Crippen LogP contribution >= 0.6 is 0 Å². The van der Waals surface area contributed by atoms with E-state index in [-0.39, 0.29) is 0 Å². The molecule has 0 spiro atoms. The zero-order valence-electron chi connectivity index (χ0n) is 11.9. The quantitative estimate of drug-likeness (QED) is 0.580. The number of benzene rings is 2. The van der Waals surface area contributed by atoms with E-state index in [0.29, 0.717) is 12.2 Å². The molecule has 4 heteroatoms. The van der Waals surface area contributed by atoms with E-state index >= 15 is 0 Å². The molecule has 0 saturated carbocycles. The van der Waals surface area contributed by atoms with Crippen LogP contribution in [-0.4, -0.2) is 19.6 Å². The van der Waals surface area contributed by atoms with E-state index in [1.807, 2.05) is 47.0 Å². The minimum absolute atomic E-state index is 0.632. The lowest BCUT2D eigenvalue weighted by molar-refractivity contribution is 0.898. The molecule has 0 unspecified atom stereocenters. The Morgan fingerprint density at radius 1 is 0.818 bits per heavy atom. The van der Waals surface area contributed by atoms with E-state index in [1.54, 1.807) is 6.20 Å². The van der Waals surface area contributed by atoms with Crippen LogP contribution in [0.15, 0.2) is 72.9 Å². The number of fused-ring (bicyclic) bond motifs is 1. The van der Waals surface area contributed by atoms with Crippen LogP contribution < -0.4 is 0 Å². The number of rotatable bonds is 3. The largest absolute Gasteiger partial charge is 0.252 e. The topological polar surface area (TPSA) is 43.1 Å². The maximum absolute atomic E-state index is 4.63. The van der Waals surface area contributed by atoms with Crippen molar-refractivity contribution in [2.75, 3.05) is 0 Å². The van der Waals surface area contributed by atoms with Crippen LogP contribution in [0.3, 0.4) is 0 Å². The van der Waals surface area contributed by atoms with Gasteiger partial charge in [-0.1, -0.05) is 60.7 Å². The van der Waals surface area contributed by atoms with E-state index in [0.717, 1.165) is 17.1 Å². The standard InChI is InChI=1S/C18H14N4/c1-3-7-14(8-4-1)13-17-20-18-19-12-11-16(22(18)21-17)15-9-5-2-6-10-15/h1-12H,13H2. The van der Waals surface area contributed by atoms with Gasteiger partial charge in [0.2, 0.25) is 0 Å². The Morgan fingerprint density at radius 3 is 2.32 bits per heavy atom. The van der Waals surface area contributed by atoms with Gasteiger partial charge in [0.1, 0.15) is 0 Å². The molecule has 4 rings (SSSR count). The van der Waals surface area contributed by atoms with Gasteiger partial charge in [-0.2, -0.15) is 9.50 Å². The first-order valence-corrected chi connectivity index (χ1v) is 7.20. The molecule has 2 aromatic heterocycles. The molecule has 0 N–H and O–H groups in total. The fraction of sp³-hybridized carbons (Fsp3) is 0.0556. The van der Waals surface area contributed by atoms with Crippen LogP contribution in [0.4, 0.5) is 0 Å². The van der Waals surface area contributed by atoms with Gasteiger partial charge in [0.05, 0.1) is 5.69 Å². The Labute approximate surface area is 128 Å². The molecular formula is C18H14N4. The third-order valence-corrected chi connectivity index (χ3v) is 3.56. The molecule has 106 valence electrons. The summed E-state index contributed by atoms with van der Waals surface area (Å²) in [4.78, 5) is 8.85. The SMILES string of the molecule is c1ccc(Cc2nc3nccc(-c4ccccc4)n3n2)cc1. The Balaban J connectivity index is 1.78. The van der Waals surface area contributed by atoms with Crippen molar-refractivity contribution in [1.29, 1.82) is 0 Å². The molecule has 0 fully saturated rings. The molecule has 0 aliphatic rings. The summed E-state index contributed by atoms with van der Waals surface area (Å²) in [6, 6.07) is 22.3. The highest BCUT2D eigenvalue weighted by Gasteiger charge is 2.10. The first kappa shape index (κ1) is 12.7. The van der Waals surface area contributed by atoms with Crippen LogP contribution in [0.5, 0.6) is 0 Å². The summed E-state index contributed by atoms with van der Waals surface area (Å²) in [6.07, 6.45) is 2.48.